The molecule has 1 aliphatic rings. The molecule has 0 saturated carbocycles. The summed E-state index contributed by atoms with van der Waals surface area (Å²) in [5.41, 5.74) is 0.439. The molecular weight excluding hydrogens is 367 g/mol. The van der Waals surface area contributed by atoms with Crippen molar-refractivity contribution in [2.24, 2.45) is 0 Å². The lowest BCUT2D eigenvalue weighted by atomic mass is 10.3. The maximum Gasteiger partial charge on any atom is 0.322 e. The van der Waals surface area contributed by atoms with Crippen LogP contribution in [0.1, 0.15) is 11.5 Å². The number of urea groups is 1. The molecule has 9 heteroatoms. The summed E-state index contributed by atoms with van der Waals surface area (Å²) in [6.45, 7) is 2.41. The lowest BCUT2D eigenvalue weighted by Crippen LogP contribution is -2.55. The molecule has 0 atom stereocenters. The number of rotatable bonds is 5. The number of carbonyl (C=O) groups excluding carboxylic acids is 3. The molecule has 4 amide bonds. The van der Waals surface area contributed by atoms with Gasteiger partial charge in [-0.15, -0.1) is 0 Å². The second kappa shape index (κ2) is 8.55. The van der Waals surface area contributed by atoms with E-state index in [1.165, 1.54) is 34.1 Å². The average molecular weight is 388 g/mol. The molecule has 2 heterocycles. The highest BCUT2D eigenvalue weighted by molar-refractivity contribution is 5.94. The van der Waals surface area contributed by atoms with Gasteiger partial charge < -0.3 is 24.9 Å². The number of nitrogens with one attached hydrogen (secondary N) is 2. The summed E-state index contributed by atoms with van der Waals surface area (Å²) in [5, 5.41) is 5.32. The Morgan fingerprint density at radius 1 is 1.14 bits per heavy atom. The maximum atomic E-state index is 12.9. The van der Waals surface area contributed by atoms with Crippen molar-refractivity contribution >= 4 is 23.5 Å². The number of amides is 4. The van der Waals surface area contributed by atoms with E-state index < -0.39 is 11.8 Å². The summed E-state index contributed by atoms with van der Waals surface area (Å²) in [5.74, 6) is 0.382. The molecule has 8 nitrogen and oxygen atoms in total. The van der Waals surface area contributed by atoms with Gasteiger partial charge in [0, 0.05) is 18.8 Å². The normalized spacial score (nSPS) is 14.1. The second-order valence-electron chi connectivity index (χ2n) is 6.46. The van der Waals surface area contributed by atoms with Crippen LogP contribution in [-0.4, -0.2) is 53.8 Å². The van der Waals surface area contributed by atoms with Crippen LogP contribution >= 0.6 is 0 Å². The molecule has 2 aromatic rings. The van der Waals surface area contributed by atoms with Crippen LogP contribution in [-0.2, 0) is 16.1 Å². The van der Waals surface area contributed by atoms with Crippen molar-refractivity contribution < 1.29 is 23.2 Å². The van der Waals surface area contributed by atoms with Crippen LogP contribution in [0.25, 0.3) is 0 Å². The van der Waals surface area contributed by atoms with Crippen molar-refractivity contribution in [2.75, 3.05) is 31.5 Å². The molecule has 0 radical (unpaired) electrons. The van der Waals surface area contributed by atoms with E-state index in [-0.39, 0.29) is 38.0 Å². The second-order valence-corrected chi connectivity index (χ2v) is 6.46. The lowest BCUT2D eigenvalue weighted by molar-refractivity contribution is -0.139. The van der Waals surface area contributed by atoms with Gasteiger partial charge in [-0.25, -0.2) is 9.18 Å². The summed E-state index contributed by atoms with van der Waals surface area (Å²) < 4.78 is 18.3. The topological polar surface area (TPSA) is 94.9 Å². The van der Waals surface area contributed by atoms with Gasteiger partial charge in [-0.1, -0.05) is 0 Å². The molecule has 2 N–H and O–H groups in total. The standard InChI is InChI=1S/C19H21FN4O4/c1-13-2-7-16(28-13)10-21-17(25)11-23-8-9-24(12-18(23)26)19(27)22-15-5-3-14(20)4-6-15/h2-7H,8-12H2,1H3,(H,21,25)(H,22,27). The fourth-order valence-corrected chi connectivity index (χ4v) is 2.78. The molecule has 1 aromatic carbocycles. The van der Waals surface area contributed by atoms with Gasteiger partial charge in [0.1, 0.15) is 23.9 Å². The van der Waals surface area contributed by atoms with Crippen molar-refractivity contribution in [3.05, 3.63) is 53.7 Å². The molecule has 0 unspecified atom stereocenters. The Morgan fingerprint density at radius 2 is 1.89 bits per heavy atom. The van der Waals surface area contributed by atoms with Crippen molar-refractivity contribution in [2.45, 2.75) is 13.5 Å². The molecule has 3 rings (SSSR count). The van der Waals surface area contributed by atoms with Crippen molar-refractivity contribution in [3.8, 4) is 0 Å². The first-order chi connectivity index (χ1) is 13.4. The summed E-state index contributed by atoms with van der Waals surface area (Å²) >= 11 is 0. The highest BCUT2D eigenvalue weighted by Gasteiger charge is 2.28. The minimum Gasteiger partial charge on any atom is -0.465 e. The lowest BCUT2D eigenvalue weighted by Gasteiger charge is -2.33. The predicted molar refractivity (Wildman–Crippen MR) is 98.9 cm³/mol. The summed E-state index contributed by atoms with van der Waals surface area (Å²) in [6, 6.07) is 8.49. The Hall–Kier alpha value is -3.36. The van der Waals surface area contributed by atoms with Crippen molar-refractivity contribution in [1.29, 1.82) is 0 Å². The molecule has 1 fully saturated rings. The average Bonchev–Trinajstić information content (AvgIpc) is 3.09. The van der Waals surface area contributed by atoms with Crippen LogP contribution in [0, 0.1) is 12.7 Å². The monoisotopic (exact) mass is 388 g/mol. The first-order valence-electron chi connectivity index (χ1n) is 8.82. The molecule has 1 aromatic heterocycles. The number of hydrogen-bond acceptors (Lipinski definition) is 4. The van der Waals surface area contributed by atoms with Crippen molar-refractivity contribution in [3.63, 3.8) is 0 Å². The number of furan rings is 1. The largest absolute Gasteiger partial charge is 0.465 e. The zero-order valence-corrected chi connectivity index (χ0v) is 15.4. The molecular formula is C19H21FN4O4. The van der Waals surface area contributed by atoms with E-state index in [2.05, 4.69) is 10.6 Å². The third kappa shape index (κ3) is 5.09. The van der Waals surface area contributed by atoms with E-state index in [0.29, 0.717) is 18.0 Å². The molecule has 28 heavy (non-hydrogen) atoms. The number of aryl methyl sites for hydroxylation is 1. The number of carbonyl (C=O) groups is 3. The molecule has 148 valence electrons. The van der Waals surface area contributed by atoms with Gasteiger partial charge in [0.15, 0.2) is 0 Å². The van der Waals surface area contributed by atoms with E-state index in [0.717, 1.165) is 5.76 Å². The highest BCUT2D eigenvalue weighted by Crippen LogP contribution is 2.11. The van der Waals surface area contributed by atoms with Gasteiger partial charge in [-0.3, -0.25) is 9.59 Å². The molecule has 1 saturated heterocycles. The quantitative estimate of drug-likeness (QED) is 0.815. The van der Waals surface area contributed by atoms with Crippen molar-refractivity contribution in [1.82, 2.24) is 15.1 Å². The van der Waals surface area contributed by atoms with E-state index in [9.17, 15) is 18.8 Å². The van der Waals surface area contributed by atoms with E-state index in [1.807, 2.05) is 6.92 Å². The Balaban J connectivity index is 1.45. The van der Waals surface area contributed by atoms with Gasteiger partial charge in [-0.05, 0) is 43.3 Å². The van der Waals surface area contributed by atoms with Gasteiger partial charge in [0.25, 0.3) is 0 Å². The summed E-state index contributed by atoms with van der Waals surface area (Å²) in [7, 11) is 0. The fourth-order valence-electron chi connectivity index (χ4n) is 2.78. The maximum absolute atomic E-state index is 12.9. The Morgan fingerprint density at radius 3 is 2.54 bits per heavy atom. The van der Waals surface area contributed by atoms with Crippen LogP contribution in [0.4, 0.5) is 14.9 Å². The molecule has 0 bridgehead atoms. The molecule has 0 aliphatic carbocycles. The Bertz CT molecular complexity index is 865. The van der Waals surface area contributed by atoms with Crippen LogP contribution in [0.2, 0.25) is 0 Å². The van der Waals surface area contributed by atoms with Gasteiger partial charge in [0.05, 0.1) is 13.1 Å². The zero-order valence-electron chi connectivity index (χ0n) is 15.4. The fraction of sp³-hybridized carbons (Fsp3) is 0.316. The number of benzene rings is 1. The highest BCUT2D eigenvalue weighted by atomic mass is 19.1. The van der Waals surface area contributed by atoms with Crippen LogP contribution < -0.4 is 10.6 Å². The molecule has 0 spiro atoms. The van der Waals surface area contributed by atoms with E-state index in [4.69, 9.17) is 4.42 Å². The Labute approximate surface area is 161 Å². The number of anilines is 1. The number of halogens is 1. The van der Waals surface area contributed by atoms with Crippen LogP contribution in [0.15, 0.2) is 40.8 Å². The van der Waals surface area contributed by atoms with Gasteiger partial charge in [-0.2, -0.15) is 0 Å². The first kappa shape index (κ1) is 19.4. The van der Waals surface area contributed by atoms with Gasteiger partial charge >= 0.3 is 6.03 Å². The third-order valence-electron chi connectivity index (χ3n) is 4.29. The van der Waals surface area contributed by atoms with Gasteiger partial charge in [0.2, 0.25) is 11.8 Å². The summed E-state index contributed by atoms with van der Waals surface area (Å²) in [6.07, 6.45) is 0. The third-order valence-corrected chi connectivity index (χ3v) is 4.29. The predicted octanol–water partition coefficient (Wildman–Crippen LogP) is 1.72. The molecule has 1 aliphatic heterocycles. The zero-order chi connectivity index (χ0) is 20.1. The van der Waals surface area contributed by atoms with Crippen LogP contribution in [0.3, 0.4) is 0 Å². The van der Waals surface area contributed by atoms with E-state index >= 15 is 0 Å². The van der Waals surface area contributed by atoms with E-state index in [1.54, 1.807) is 12.1 Å². The summed E-state index contributed by atoms with van der Waals surface area (Å²) in [4.78, 5) is 39.3. The number of hydrogen-bond donors (Lipinski definition) is 2. The SMILES string of the molecule is Cc1ccc(CNC(=O)CN2CCN(C(=O)Nc3ccc(F)cc3)CC2=O)o1. The minimum absolute atomic E-state index is 0.0774. The Kier molecular flexibility index (Phi) is 5.93. The number of nitrogens with zero attached hydrogens (tertiary/aromatic N) is 2. The first-order valence-corrected chi connectivity index (χ1v) is 8.82. The van der Waals surface area contributed by atoms with Crippen LogP contribution in [0.5, 0.6) is 0 Å². The minimum atomic E-state index is -0.447. The smallest absolute Gasteiger partial charge is 0.322 e. The number of piperazine rings is 1.